The van der Waals surface area contributed by atoms with Crippen LogP contribution in [0.2, 0.25) is 0 Å². The van der Waals surface area contributed by atoms with Crippen molar-refractivity contribution in [3.8, 4) is 5.75 Å². The van der Waals surface area contributed by atoms with Gasteiger partial charge in [0.25, 0.3) is 0 Å². The Labute approximate surface area is 137 Å². The fourth-order valence-electron chi connectivity index (χ4n) is 3.36. The molecule has 0 bridgehead atoms. The van der Waals surface area contributed by atoms with Gasteiger partial charge in [-0.15, -0.1) is 0 Å². The number of carbonyl (C=O) groups is 1. The monoisotopic (exact) mass is 309 g/mol. The molecule has 3 rings (SSSR count). The Hall–Kier alpha value is -2.29. The summed E-state index contributed by atoms with van der Waals surface area (Å²) in [4.78, 5) is 14.7. The molecule has 2 aromatic rings. The Morgan fingerprint density at radius 3 is 2.48 bits per heavy atom. The SMILES string of the molecule is COc1ccc(CC(=O)N2CC(c3ccccc3)CC2C)cc1. The molecule has 0 aromatic heterocycles. The van der Waals surface area contributed by atoms with Crippen LogP contribution in [0.3, 0.4) is 0 Å². The van der Waals surface area contributed by atoms with Gasteiger partial charge in [0.1, 0.15) is 5.75 Å². The van der Waals surface area contributed by atoms with E-state index in [0.717, 1.165) is 24.3 Å². The highest BCUT2D eigenvalue weighted by Gasteiger charge is 2.32. The number of ether oxygens (including phenoxy) is 1. The lowest BCUT2D eigenvalue weighted by molar-refractivity contribution is -0.131. The first-order chi connectivity index (χ1) is 11.2. The molecular weight excluding hydrogens is 286 g/mol. The van der Waals surface area contributed by atoms with E-state index < -0.39 is 0 Å². The predicted molar refractivity (Wildman–Crippen MR) is 91.7 cm³/mol. The number of nitrogens with zero attached hydrogens (tertiary/aromatic N) is 1. The maximum absolute atomic E-state index is 12.7. The Kier molecular flexibility index (Phi) is 4.65. The number of carbonyl (C=O) groups excluding carboxylic acids is 1. The summed E-state index contributed by atoms with van der Waals surface area (Å²) in [5, 5.41) is 0. The molecule has 1 saturated heterocycles. The van der Waals surface area contributed by atoms with E-state index in [2.05, 4.69) is 31.2 Å². The third kappa shape index (κ3) is 3.55. The smallest absolute Gasteiger partial charge is 0.227 e. The highest BCUT2D eigenvalue weighted by atomic mass is 16.5. The van der Waals surface area contributed by atoms with Gasteiger partial charge < -0.3 is 9.64 Å². The largest absolute Gasteiger partial charge is 0.497 e. The maximum atomic E-state index is 12.7. The number of methoxy groups -OCH3 is 1. The topological polar surface area (TPSA) is 29.5 Å². The second kappa shape index (κ2) is 6.86. The summed E-state index contributed by atoms with van der Waals surface area (Å²) in [6.07, 6.45) is 1.49. The molecule has 0 aliphatic carbocycles. The molecule has 2 aromatic carbocycles. The molecule has 0 N–H and O–H groups in total. The van der Waals surface area contributed by atoms with Gasteiger partial charge in [0.15, 0.2) is 0 Å². The first-order valence-corrected chi connectivity index (χ1v) is 8.14. The minimum atomic E-state index is 0.209. The summed E-state index contributed by atoms with van der Waals surface area (Å²) in [6.45, 7) is 2.97. The zero-order valence-electron chi connectivity index (χ0n) is 13.7. The van der Waals surface area contributed by atoms with Crippen LogP contribution in [-0.2, 0) is 11.2 Å². The summed E-state index contributed by atoms with van der Waals surface area (Å²) in [5.74, 6) is 1.48. The van der Waals surface area contributed by atoms with Crippen molar-refractivity contribution in [1.29, 1.82) is 0 Å². The van der Waals surface area contributed by atoms with E-state index in [9.17, 15) is 4.79 Å². The third-order valence-electron chi connectivity index (χ3n) is 4.68. The lowest BCUT2D eigenvalue weighted by Gasteiger charge is -2.21. The number of hydrogen-bond acceptors (Lipinski definition) is 2. The standard InChI is InChI=1S/C20H23NO2/c1-15-12-18(17-6-4-3-5-7-17)14-21(15)20(22)13-16-8-10-19(23-2)11-9-16/h3-11,15,18H,12-14H2,1-2H3. The quantitative estimate of drug-likeness (QED) is 0.863. The van der Waals surface area contributed by atoms with Gasteiger partial charge >= 0.3 is 0 Å². The number of amides is 1. The highest BCUT2D eigenvalue weighted by molar-refractivity contribution is 5.79. The lowest BCUT2D eigenvalue weighted by Crippen LogP contribution is -2.35. The molecule has 0 spiro atoms. The Morgan fingerprint density at radius 2 is 1.83 bits per heavy atom. The second-order valence-electron chi connectivity index (χ2n) is 6.26. The molecular formula is C20H23NO2. The molecule has 0 radical (unpaired) electrons. The first kappa shape index (κ1) is 15.6. The molecule has 0 saturated carbocycles. The van der Waals surface area contributed by atoms with Crippen molar-refractivity contribution >= 4 is 5.91 Å². The van der Waals surface area contributed by atoms with Crippen LogP contribution < -0.4 is 4.74 Å². The van der Waals surface area contributed by atoms with E-state index in [-0.39, 0.29) is 5.91 Å². The summed E-state index contributed by atoms with van der Waals surface area (Å²) < 4.78 is 5.16. The van der Waals surface area contributed by atoms with Crippen molar-refractivity contribution in [1.82, 2.24) is 4.90 Å². The second-order valence-corrected chi connectivity index (χ2v) is 6.26. The molecule has 1 fully saturated rings. The molecule has 1 aliphatic heterocycles. The van der Waals surface area contributed by atoms with Gasteiger partial charge in [-0.1, -0.05) is 42.5 Å². The maximum Gasteiger partial charge on any atom is 0.227 e. The Balaban J connectivity index is 1.65. The molecule has 2 unspecified atom stereocenters. The van der Waals surface area contributed by atoms with Crippen LogP contribution in [0.4, 0.5) is 0 Å². The summed E-state index contributed by atoms with van der Waals surface area (Å²) in [5.41, 5.74) is 2.37. The van der Waals surface area contributed by atoms with Crippen molar-refractivity contribution in [2.24, 2.45) is 0 Å². The highest BCUT2D eigenvalue weighted by Crippen LogP contribution is 2.31. The molecule has 2 atom stereocenters. The summed E-state index contributed by atoms with van der Waals surface area (Å²) in [6, 6.07) is 18.5. The van der Waals surface area contributed by atoms with Gasteiger partial charge in [-0.3, -0.25) is 4.79 Å². The molecule has 120 valence electrons. The fraction of sp³-hybridized carbons (Fsp3) is 0.350. The zero-order valence-corrected chi connectivity index (χ0v) is 13.7. The summed E-state index contributed by atoms with van der Waals surface area (Å²) in [7, 11) is 1.65. The van der Waals surface area contributed by atoms with Crippen molar-refractivity contribution in [2.75, 3.05) is 13.7 Å². The van der Waals surface area contributed by atoms with Crippen molar-refractivity contribution in [3.63, 3.8) is 0 Å². The van der Waals surface area contributed by atoms with Gasteiger partial charge in [0.2, 0.25) is 5.91 Å². The van der Waals surface area contributed by atoms with E-state index >= 15 is 0 Å². The number of rotatable bonds is 4. The molecule has 3 heteroatoms. The van der Waals surface area contributed by atoms with E-state index in [1.165, 1.54) is 5.56 Å². The van der Waals surface area contributed by atoms with Crippen molar-refractivity contribution < 1.29 is 9.53 Å². The molecule has 3 nitrogen and oxygen atoms in total. The van der Waals surface area contributed by atoms with Gasteiger partial charge in [0.05, 0.1) is 13.5 Å². The van der Waals surface area contributed by atoms with Gasteiger partial charge in [-0.05, 0) is 36.6 Å². The summed E-state index contributed by atoms with van der Waals surface area (Å²) >= 11 is 0. The van der Waals surface area contributed by atoms with Gasteiger partial charge in [-0.2, -0.15) is 0 Å². The molecule has 1 heterocycles. The average Bonchev–Trinajstić information content (AvgIpc) is 2.98. The van der Waals surface area contributed by atoms with E-state index in [4.69, 9.17) is 4.74 Å². The first-order valence-electron chi connectivity index (χ1n) is 8.14. The van der Waals surface area contributed by atoms with Crippen LogP contribution in [0.15, 0.2) is 54.6 Å². The molecule has 1 amide bonds. The normalized spacial score (nSPS) is 20.5. The Morgan fingerprint density at radius 1 is 1.13 bits per heavy atom. The molecule has 23 heavy (non-hydrogen) atoms. The third-order valence-corrected chi connectivity index (χ3v) is 4.68. The number of benzene rings is 2. The molecule has 1 aliphatic rings. The number of hydrogen-bond donors (Lipinski definition) is 0. The van der Waals surface area contributed by atoms with Crippen molar-refractivity contribution in [2.45, 2.75) is 31.7 Å². The minimum absolute atomic E-state index is 0.209. The van der Waals surface area contributed by atoms with Crippen LogP contribution >= 0.6 is 0 Å². The predicted octanol–water partition coefficient (Wildman–Crippen LogP) is 3.64. The minimum Gasteiger partial charge on any atom is -0.497 e. The van der Waals surface area contributed by atoms with Gasteiger partial charge in [0, 0.05) is 18.5 Å². The Bertz CT molecular complexity index is 651. The lowest BCUT2D eigenvalue weighted by atomic mass is 9.97. The van der Waals surface area contributed by atoms with Crippen LogP contribution in [0.1, 0.15) is 30.4 Å². The van der Waals surface area contributed by atoms with Crippen molar-refractivity contribution in [3.05, 3.63) is 65.7 Å². The zero-order chi connectivity index (χ0) is 16.2. The number of likely N-dealkylation sites (tertiary alicyclic amines) is 1. The van der Waals surface area contributed by atoms with E-state index in [1.54, 1.807) is 7.11 Å². The van der Waals surface area contributed by atoms with E-state index in [1.807, 2.05) is 35.2 Å². The fourth-order valence-corrected chi connectivity index (χ4v) is 3.36. The average molecular weight is 309 g/mol. The van der Waals surface area contributed by atoms with Crippen LogP contribution in [0.5, 0.6) is 5.75 Å². The van der Waals surface area contributed by atoms with Crippen LogP contribution in [-0.4, -0.2) is 30.5 Å². The van der Waals surface area contributed by atoms with Gasteiger partial charge in [-0.25, -0.2) is 0 Å². The van der Waals surface area contributed by atoms with Crippen LogP contribution in [0, 0.1) is 0 Å². The van der Waals surface area contributed by atoms with E-state index in [0.29, 0.717) is 18.4 Å². The van der Waals surface area contributed by atoms with Crippen LogP contribution in [0.25, 0.3) is 0 Å².